The molecule has 56 heavy (non-hydrogen) atoms. The van der Waals surface area contributed by atoms with Gasteiger partial charge in [-0.25, -0.2) is 0 Å². The smallest absolute Gasteiger partial charge is 0.220 e. The average Bonchev–Trinajstić information content (AvgIpc) is 3.19. The molecule has 0 radical (unpaired) electrons. The molecule has 0 aromatic rings. The number of amides is 1. The number of rotatable bonds is 41. The number of unbranched alkanes of at least 4 members (excludes halogenated alkanes) is 31. The van der Waals surface area contributed by atoms with E-state index in [1.165, 1.54) is 173 Å². The van der Waals surface area contributed by atoms with Gasteiger partial charge in [0.25, 0.3) is 0 Å². The van der Waals surface area contributed by atoms with Crippen LogP contribution in [0.5, 0.6) is 0 Å². The maximum absolute atomic E-state index is 12.8. The summed E-state index contributed by atoms with van der Waals surface area (Å²) in [7, 11) is 0. The molecule has 334 valence electrons. The second-order valence-electron chi connectivity index (χ2n) is 17.3. The van der Waals surface area contributed by atoms with E-state index in [4.69, 9.17) is 9.47 Å². The van der Waals surface area contributed by atoms with Crippen LogP contribution in [0.2, 0.25) is 0 Å². The summed E-state index contributed by atoms with van der Waals surface area (Å²) in [5.74, 6) is -0.151. The third kappa shape index (κ3) is 28.6. The van der Waals surface area contributed by atoms with Crippen molar-refractivity contribution >= 4 is 5.91 Å². The van der Waals surface area contributed by atoms with E-state index < -0.39 is 49.5 Å². The van der Waals surface area contributed by atoms with Gasteiger partial charge in [-0.1, -0.05) is 219 Å². The Hall–Kier alpha value is -0.810. The highest BCUT2D eigenvalue weighted by Crippen LogP contribution is 2.23. The molecular formula is C47H93NO8. The summed E-state index contributed by atoms with van der Waals surface area (Å²) in [5, 5.41) is 53.6. The average molecular weight is 800 g/mol. The minimum Gasteiger partial charge on any atom is -0.394 e. The number of hydrogen-bond acceptors (Lipinski definition) is 8. The zero-order valence-electron chi connectivity index (χ0n) is 36.7. The first-order valence-corrected chi connectivity index (χ1v) is 24.2. The van der Waals surface area contributed by atoms with Gasteiger partial charge in [0.05, 0.1) is 25.4 Å². The van der Waals surface area contributed by atoms with E-state index in [1.54, 1.807) is 0 Å². The molecule has 1 aliphatic rings. The summed E-state index contributed by atoms with van der Waals surface area (Å²) in [6.45, 7) is 3.69. The highest BCUT2D eigenvalue weighted by molar-refractivity contribution is 5.76. The number of hydrogen-bond donors (Lipinski definition) is 6. The van der Waals surface area contributed by atoms with Crippen LogP contribution in [0, 0.1) is 0 Å². The number of carbonyl (C=O) groups is 1. The Bertz CT molecular complexity index is 847. The van der Waals surface area contributed by atoms with E-state index in [-0.39, 0.29) is 12.5 Å². The van der Waals surface area contributed by atoms with Gasteiger partial charge in [0.1, 0.15) is 24.4 Å². The summed E-state index contributed by atoms with van der Waals surface area (Å²) in [6.07, 6.45) is 36.7. The molecule has 7 unspecified atom stereocenters. The number of nitrogens with one attached hydrogen (secondary N) is 1. The second-order valence-corrected chi connectivity index (χ2v) is 17.3. The van der Waals surface area contributed by atoms with Gasteiger partial charge in [-0.15, -0.1) is 0 Å². The highest BCUT2D eigenvalue weighted by atomic mass is 16.7. The van der Waals surface area contributed by atoms with Crippen molar-refractivity contribution in [2.24, 2.45) is 0 Å². The monoisotopic (exact) mass is 800 g/mol. The fourth-order valence-electron chi connectivity index (χ4n) is 8.04. The van der Waals surface area contributed by atoms with Gasteiger partial charge in [-0.05, 0) is 12.8 Å². The Kier molecular flexibility index (Phi) is 36.5. The lowest BCUT2D eigenvalue weighted by Gasteiger charge is -2.40. The second kappa shape index (κ2) is 38.4. The number of carbonyl (C=O) groups excluding carboxylic acids is 1. The summed E-state index contributed by atoms with van der Waals surface area (Å²) < 4.78 is 11.1. The minimum atomic E-state index is -1.54. The quantitative estimate of drug-likeness (QED) is 0.0335. The van der Waals surface area contributed by atoms with E-state index in [1.807, 2.05) is 0 Å². The molecule has 1 amide bonds. The maximum atomic E-state index is 12.8. The predicted molar refractivity (Wildman–Crippen MR) is 231 cm³/mol. The van der Waals surface area contributed by atoms with E-state index in [9.17, 15) is 30.3 Å². The first-order valence-electron chi connectivity index (χ1n) is 24.2. The van der Waals surface area contributed by atoms with Crippen LogP contribution in [-0.4, -0.2) is 87.5 Å². The van der Waals surface area contributed by atoms with Crippen molar-refractivity contribution < 1.29 is 39.8 Å². The molecule has 9 heteroatoms. The van der Waals surface area contributed by atoms with Crippen LogP contribution in [-0.2, 0) is 14.3 Å². The van der Waals surface area contributed by atoms with Crippen LogP contribution >= 0.6 is 0 Å². The van der Waals surface area contributed by atoms with Gasteiger partial charge in [0.2, 0.25) is 5.91 Å². The Morgan fingerprint density at radius 2 is 0.893 bits per heavy atom. The summed E-state index contributed by atoms with van der Waals surface area (Å²) in [6, 6.07) is -0.708. The van der Waals surface area contributed by atoms with E-state index >= 15 is 0 Å². The van der Waals surface area contributed by atoms with Crippen LogP contribution in [0.4, 0.5) is 0 Å². The summed E-state index contributed by atoms with van der Waals surface area (Å²) in [5.41, 5.74) is 0. The van der Waals surface area contributed by atoms with E-state index in [0.717, 1.165) is 38.5 Å². The Labute approximate surface area is 344 Å². The summed E-state index contributed by atoms with van der Waals surface area (Å²) in [4.78, 5) is 12.8. The largest absolute Gasteiger partial charge is 0.394 e. The number of ether oxygens (including phenoxy) is 2. The van der Waals surface area contributed by atoms with E-state index in [2.05, 4.69) is 19.2 Å². The molecule has 6 N–H and O–H groups in total. The number of aliphatic hydroxyl groups excluding tert-OH is 5. The fraction of sp³-hybridized carbons (Fsp3) is 0.979. The molecule has 0 aliphatic carbocycles. The van der Waals surface area contributed by atoms with Crippen LogP contribution in [0.25, 0.3) is 0 Å². The van der Waals surface area contributed by atoms with Crippen LogP contribution in [0.15, 0.2) is 0 Å². The van der Waals surface area contributed by atoms with Crippen molar-refractivity contribution in [2.45, 2.75) is 281 Å². The summed E-state index contributed by atoms with van der Waals surface area (Å²) >= 11 is 0. The number of aliphatic hydroxyl groups is 5. The van der Waals surface area contributed by atoms with Crippen molar-refractivity contribution in [3.05, 3.63) is 0 Å². The molecule has 1 aliphatic heterocycles. The fourth-order valence-corrected chi connectivity index (χ4v) is 8.04. The molecule has 0 aromatic heterocycles. The lowest BCUT2D eigenvalue weighted by molar-refractivity contribution is -0.302. The Morgan fingerprint density at radius 3 is 1.27 bits per heavy atom. The minimum absolute atomic E-state index is 0.138. The predicted octanol–water partition coefficient (Wildman–Crippen LogP) is 10.3. The van der Waals surface area contributed by atoms with E-state index in [0.29, 0.717) is 12.8 Å². The zero-order chi connectivity index (χ0) is 40.9. The normalized spacial score (nSPS) is 21.0. The topological polar surface area (TPSA) is 149 Å². The molecule has 1 heterocycles. The first-order chi connectivity index (χ1) is 27.3. The zero-order valence-corrected chi connectivity index (χ0v) is 36.7. The molecule has 0 saturated carbocycles. The lowest BCUT2D eigenvalue weighted by Crippen LogP contribution is -2.60. The third-order valence-electron chi connectivity index (χ3n) is 12.0. The Balaban J connectivity index is 1.96. The maximum Gasteiger partial charge on any atom is 0.220 e. The van der Waals surface area contributed by atoms with Gasteiger partial charge < -0.3 is 40.3 Å². The van der Waals surface area contributed by atoms with Gasteiger partial charge in [0, 0.05) is 6.42 Å². The van der Waals surface area contributed by atoms with Crippen molar-refractivity contribution in [1.82, 2.24) is 5.32 Å². The molecule has 7 atom stereocenters. The molecule has 0 bridgehead atoms. The molecule has 9 nitrogen and oxygen atoms in total. The molecule has 1 fully saturated rings. The van der Waals surface area contributed by atoms with Crippen LogP contribution in [0.3, 0.4) is 0 Å². The van der Waals surface area contributed by atoms with Gasteiger partial charge in [-0.2, -0.15) is 0 Å². The SMILES string of the molecule is CCCCCCCCCCCCCCCCCCCCCCCCCCCCCCCCC(=O)NC(COC1OC(CO)C(O)C(O)C1O)C(O)CCCCC. The molecular weight excluding hydrogens is 707 g/mol. The Morgan fingerprint density at radius 1 is 0.536 bits per heavy atom. The standard InChI is InChI=1S/C47H93NO8/c1-3-5-7-8-9-10-11-12-13-14-15-16-17-18-19-20-21-22-23-24-25-26-27-28-29-30-31-32-33-35-37-43(51)48-40(41(50)36-34-6-4-2)39-55-47-46(54)45(53)44(52)42(38-49)56-47/h40-42,44-47,49-50,52-54H,3-39H2,1-2H3,(H,48,51). The van der Waals surface area contributed by atoms with Crippen molar-refractivity contribution in [3.8, 4) is 0 Å². The molecule has 1 rings (SSSR count). The van der Waals surface area contributed by atoms with Crippen LogP contribution < -0.4 is 5.32 Å². The highest BCUT2D eigenvalue weighted by Gasteiger charge is 2.44. The van der Waals surface area contributed by atoms with Crippen molar-refractivity contribution in [1.29, 1.82) is 0 Å². The molecule has 0 aromatic carbocycles. The molecule has 1 saturated heterocycles. The van der Waals surface area contributed by atoms with Crippen molar-refractivity contribution in [3.63, 3.8) is 0 Å². The van der Waals surface area contributed by atoms with Crippen molar-refractivity contribution in [2.75, 3.05) is 13.2 Å². The molecule has 0 spiro atoms. The van der Waals surface area contributed by atoms with Crippen LogP contribution in [0.1, 0.15) is 239 Å². The first kappa shape index (κ1) is 53.2. The van der Waals surface area contributed by atoms with Gasteiger partial charge >= 0.3 is 0 Å². The van der Waals surface area contributed by atoms with Gasteiger partial charge in [-0.3, -0.25) is 4.79 Å². The third-order valence-corrected chi connectivity index (χ3v) is 12.0. The van der Waals surface area contributed by atoms with Gasteiger partial charge in [0.15, 0.2) is 6.29 Å². The lowest BCUT2D eigenvalue weighted by atomic mass is 9.99.